The van der Waals surface area contributed by atoms with Crippen molar-refractivity contribution in [2.75, 3.05) is 0 Å². The Morgan fingerprint density at radius 3 is 1.62 bits per heavy atom. The molecule has 0 radical (unpaired) electrons. The van der Waals surface area contributed by atoms with Gasteiger partial charge in [0.2, 0.25) is 0 Å². The van der Waals surface area contributed by atoms with Crippen molar-refractivity contribution in [1.29, 1.82) is 0 Å². The van der Waals surface area contributed by atoms with Crippen LogP contribution >= 0.6 is 0 Å². The van der Waals surface area contributed by atoms with Gasteiger partial charge in [-0.2, -0.15) is 0 Å². The molecule has 0 aliphatic carbocycles. The van der Waals surface area contributed by atoms with Crippen LogP contribution in [0.1, 0.15) is 0 Å². The number of hydrogen-bond donors (Lipinski definition) is 0. The number of hydrogen-bond acceptors (Lipinski definition) is 3. The molecule has 37 heavy (non-hydrogen) atoms. The Balaban J connectivity index is 1.49. The van der Waals surface area contributed by atoms with Gasteiger partial charge in [-0.25, -0.2) is 9.97 Å². The molecule has 5 aromatic carbocycles. The van der Waals surface area contributed by atoms with Gasteiger partial charge in [-0.1, -0.05) is 115 Å². The van der Waals surface area contributed by atoms with E-state index >= 15 is 0 Å². The lowest BCUT2D eigenvalue weighted by Gasteiger charge is -2.09. The van der Waals surface area contributed by atoms with Gasteiger partial charge in [0.25, 0.3) is 0 Å². The maximum Gasteiger partial charge on any atom is 0.164 e. The molecule has 7 aromatic rings. The summed E-state index contributed by atoms with van der Waals surface area (Å²) in [6.45, 7) is 0. The molecular formula is C34H22N2O. The van der Waals surface area contributed by atoms with Gasteiger partial charge in [0, 0.05) is 21.9 Å². The highest BCUT2D eigenvalue weighted by Gasteiger charge is 2.18. The van der Waals surface area contributed by atoms with Crippen molar-refractivity contribution in [3.63, 3.8) is 0 Å². The molecule has 3 heteroatoms. The van der Waals surface area contributed by atoms with Crippen LogP contribution in [0.2, 0.25) is 0 Å². The summed E-state index contributed by atoms with van der Waals surface area (Å²) in [5.41, 5.74) is 8.69. The van der Waals surface area contributed by atoms with E-state index in [1.165, 1.54) is 0 Å². The maximum atomic E-state index is 6.51. The fraction of sp³-hybridized carbons (Fsp3) is 0. The van der Waals surface area contributed by atoms with E-state index in [1.807, 2.05) is 60.7 Å². The van der Waals surface area contributed by atoms with Crippen molar-refractivity contribution >= 4 is 21.9 Å². The molecule has 174 valence electrons. The van der Waals surface area contributed by atoms with Crippen molar-refractivity contribution < 1.29 is 4.42 Å². The molecule has 0 fully saturated rings. The molecule has 0 unspecified atom stereocenters. The monoisotopic (exact) mass is 474 g/mol. The normalized spacial score (nSPS) is 11.2. The van der Waals surface area contributed by atoms with Crippen molar-refractivity contribution in [2.45, 2.75) is 0 Å². The summed E-state index contributed by atoms with van der Waals surface area (Å²) in [7, 11) is 0. The minimum atomic E-state index is 0.645. The van der Waals surface area contributed by atoms with E-state index in [0.717, 1.165) is 61.1 Å². The first-order chi connectivity index (χ1) is 18.3. The number of rotatable bonds is 4. The first-order valence-electron chi connectivity index (χ1n) is 12.4. The fourth-order valence-electron chi connectivity index (χ4n) is 4.96. The number of fused-ring (bicyclic) bond motifs is 3. The molecule has 0 spiro atoms. The Morgan fingerprint density at radius 1 is 0.459 bits per heavy atom. The molecule has 0 saturated carbocycles. The molecule has 0 atom stereocenters. The number of benzene rings is 5. The third-order valence-electron chi connectivity index (χ3n) is 6.71. The number of para-hydroxylation sites is 1. The minimum absolute atomic E-state index is 0.645. The Kier molecular flexibility index (Phi) is 5.11. The number of aromatic nitrogens is 2. The second-order valence-electron chi connectivity index (χ2n) is 9.02. The van der Waals surface area contributed by atoms with Crippen LogP contribution in [0.15, 0.2) is 138 Å². The molecule has 3 nitrogen and oxygen atoms in total. The molecule has 0 saturated heterocycles. The zero-order valence-corrected chi connectivity index (χ0v) is 20.0. The van der Waals surface area contributed by atoms with E-state index in [1.54, 1.807) is 0 Å². The van der Waals surface area contributed by atoms with E-state index in [-0.39, 0.29) is 0 Å². The molecule has 0 amide bonds. The standard InChI is InChI=1S/C34H22N2O/c1-4-12-23(13-5-1)26-18-11-21-31-32(26)27-19-10-20-28(33(27)37-31)34-35-29(24-14-6-2-7-15-24)22-30(36-34)25-16-8-3-9-17-25/h1-22H. The fourth-order valence-corrected chi connectivity index (χ4v) is 4.96. The molecule has 0 aliphatic heterocycles. The van der Waals surface area contributed by atoms with Gasteiger partial charge >= 0.3 is 0 Å². The zero-order chi connectivity index (χ0) is 24.6. The molecule has 0 aliphatic rings. The Bertz CT molecular complexity index is 1800. The van der Waals surface area contributed by atoms with Crippen LogP contribution in [-0.4, -0.2) is 9.97 Å². The topological polar surface area (TPSA) is 38.9 Å². The third kappa shape index (κ3) is 3.78. The van der Waals surface area contributed by atoms with E-state index in [4.69, 9.17) is 14.4 Å². The van der Waals surface area contributed by atoms with Crippen LogP contribution < -0.4 is 0 Å². The van der Waals surface area contributed by atoms with E-state index in [0.29, 0.717) is 5.82 Å². The maximum absolute atomic E-state index is 6.51. The van der Waals surface area contributed by atoms with E-state index in [2.05, 4.69) is 72.8 Å². The van der Waals surface area contributed by atoms with E-state index in [9.17, 15) is 0 Å². The van der Waals surface area contributed by atoms with Crippen LogP contribution in [0.25, 0.3) is 67.0 Å². The van der Waals surface area contributed by atoms with Crippen LogP contribution in [0.3, 0.4) is 0 Å². The number of nitrogens with zero attached hydrogens (tertiary/aromatic N) is 2. The molecule has 0 N–H and O–H groups in total. The molecular weight excluding hydrogens is 452 g/mol. The predicted molar refractivity (Wildman–Crippen MR) is 151 cm³/mol. The summed E-state index contributed by atoms with van der Waals surface area (Å²) < 4.78 is 6.51. The lowest BCUT2D eigenvalue weighted by molar-refractivity contribution is 0.669. The number of furan rings is 1. The molecule has 2 heterocycles. The summed E-state index contributed by atoms with van der Waals surface area (Å²) in [4.78, 5) is 10.1. The lowest BCUT2D eigenvalue weighted by atomic mass is 9.98. The molecule has 2 aromatic heterocycles. The zero-order valence-electron chi connectivity index (χ0n) is 20.0. The van der Waals surface area contributed by atoms with Gasteiger partial charge in [-0.05, 0) is 29.3 Å². The largest absolute Gasteiger partial charge is 0.455 e. The second kappa shape index (κ2) is 8.89. The van der Waals surface area contributed by atoms with Gasteiger partial charge in [-0.15, -0.1) is 0 Å². The Morgan fingerprint density at radius 2 is 1.00 bits per heavy atom. The molecule has 7 rings (SSSR count). The quantitative estimate of drug-likeness (QED) is 0.255. The second-order valence-corrected chi connectivity index (χ2v) is 9.02. The first kappa shape index (κ1) is 21.3. The Hall–Kier alpha value is -5.02. The average Bonchev–Trinajstić information content (AvgIpc) is 3.37. The van der Waals surface area contributed by atoms with Crippen molar-refractivity contribution in [3.05, 3.63) is 133 Å². The van der Waals surface area contributed by atoms with Crippen LogP contribution in [0, 0.1) is 0 Å². The summed E-state index contributed by atoms with van der Waals surface area (Å²) in [5.74, 6) is 0.645. The van der Waals surface area contributed by atoms with Gasteiger partial charge in [0.15, 0.2) is 5.82 Å². The smallest absolute Gasteiger partial charge is 0.164 e. The van der Waals surface area contributed by atoms with Crippen LogP contribution in [0.5, 0.6) is 0 Å². The SMILES string of the molecule is c1ccc(-c2cc(-c3ccccc3)nc(-c3cccc4c3oc3cccc(-c5ccccc5)c34)n2)cc1. The third-order valence-corrected chi connectivity index (χ3v) is 6.71. The molecule has 0 bridgehead atoms. The highest BCUT2D eigenvalue weighted by atomic mass is 16.3. The first-order valence-corrected chi connectivity index (χ1v) is 12.4. The van der Waals surface area contributed by atoms with Crippen molar-refractivity contribution in [3.8, 4) is 45.0 Å². The van der Waals surface area contributed by atoms with Crippen LogP contribution in [0.4, 0.5) is 0 Å². The highest BCUT2D eigenvalue weighted by Crippen LogP contribution is 2.40. The van der Waals surface area contributed by atoms with E-state index < -0.39 is 0 Å². The van der Waals surface area contributed by atoms with Gasteiger partial charge in [-0.3, -0.25) is 0 Å². The summed E-state index contributed by atoms with van der Waals surface area (Å²) in [6.07, 6.45) is 0. The van der Waals surface area contributed by atoms with Gasteiger partial charge in [0.1, 0.15) is 11.2 Å². The van der Waals surface area contributed by atoms with Crippen molar-refractivity contribution in [2.24, 2.45) is 0 Å². The summed E-state index contributed by atoms with van der Waals surface area (Å²) >= 11 is 0. The van der Waals surface area contributed by atoms with Crippen molar-refractivity contribution in [1.82, 2.24) is 9.97 Å². The highest BCUT2D eigenvalue weighted by molar-refractivity contribution is 6.15. The van der Waals surface area contributed by atoms with Gasteiger partial charge < -0.3 is 4.42 Å². The Labute approximate surface area is 214 Å². The lowest BCUT2D eigenvalue weighted by Crippen LogP contribution is -1.96. The summed E-state index contributed by atoms with van der Waals surface area (Å²) in [6, 6.07) is 45.4. The predicted octanol–water partition coefficient (Wildman–Crippen LogP) is 9.04. The minimum Gasteiger partial charge on any atom is -0.455 e. The van der Waals surface area contributed by atoms with Crippen LogP contribution in [-0.2, 0) is 0 Å². The van der Waals surface area contributed by atoms with Gasteiger partial charge in [0.05, 0.1) is 17.0 Å². The average molecular weight is 475 g/mol. The summed E-state index contributed by atoms with van der Waals surface area (Å²) in [5, 5.41) is 2.16.